The Bertz CT molecular complexity index is 1470. The summed E-state index contributed by atoms with van der Waals surface area (Å²) in [4.78, 5) is 34.1. The van der Waals surface area contributed by atoms with Crippen molar-refractivity contribution in [2.45, 2.75) is 58.7 Å². The van der Waals surface area contributed by atoms with E-state index in [4.69, 9.17) is 18.9 Å². The van der Waals surface area contributed by atoms with E-state index in [1.54, 1.807) is 24.3 Å². The molecule has 3 atom stereocenters. The number of nitrogens with zero attached hydrogens (tertiary/aromatic N) is 5. The molecule has 1 fully saturated rings. The fourth-order valence-corrected chi connectivity index (χ4v) is 4.22. The Morgan fingerprint density at radius 2 is 1.62 bits per heavy atom. The van der Waals surface area contributed by atoms with Crippen LogP contribution in [0.5, 0.6) is 5.88 Å². The summed E-state index contributed by atoms with van der Waals surface area (Å²) in [6.07, 6.45) is -0.736. The predicted molar refractivity (Wildman–Crippen MR) is 139 cm³/mol. The van der Waals surface area contributed by atoms with Crippen LogP contribution in [0.15, 0.2) is 54.9 Å². The highest BCUT2D eigenvalue weighted by Gasteiger charge is 2.41. The van der Waals surface area contributed by atoms with Gasteiger partial charge in [0.25, 0.3) is 0 Å². The van der Waals surface area contributed by atoms with Crippen molar-refractivity contribution in [2.75, 3.05) is 6.61 Å². The molecule has 1 aliphatic rings. The van der Waals surface area contributed by atoms with Crippen LogP contribution in [0.3, 0.4) is 0 Å². The van der Waals surface area contributed by atoms with Gasteiger partial charge in [-0.3, -0.25) is 0 Å². The lowest BCUT2D eigenvalue weighted by Gasteiger charge is -2.19. The van der Waals surface area contributed by atoms with Crippen molar-refractivity contribution >= 4 is 23.1 Å². The van der Waals surface area contributed by atoms with E-state index in [0.717, 1.165) is 11.1 Å². The van der Waals surface area contributed by atoms with Gasteiger partial charge in [0.15, 0.2) is 11.7 Å². The number of hydrogen-bond acceptors (Lipinski definition) is 10. The van der Waals surface area contributed by atoms with Crippen LogP contribution >= 0.6 is 0 Å². The van der Waals surface area contributed by atoms with Crippen LogP contribution < -0.4 is 4.74 Å². The van der Waals surface area contributed by atoms with Crippen molar-refractivity contribution < 1.29 is 28.5 Å². The summed E-state index contributed by atoms with van der Waals surface area (Å²) in [7, 11) is 0. The maximum atomic E-state index is 13.0. The molecule has 3 heterocycles. The summed E-state index contributed by atoms with van der Waals surface area (Å²) in [5.41, 5.74) is 3.67. The third kappa shape index (κ3) is 5.88. The zero-order valence-corrected chi connectivity index (χ0v) is 22.1. The molecule has 39 heavy (non-hydrogen) atoms. The zero-order valence-electron chi connectivity index (χ0n) is 22.1. The minimum atomic E-state index is -0.753. The molecule has 0 bridgehead atoms. The van der Waals surface area contributed by atoms with Crippen LogP contribution in [0, 0.1) is 13.8 Å². The van der Waals surface area contributed by atoms with Crippen LogP contribution in [0.2, 0.25) is 0 Å². The Morgan fingerprint density at radius 1 is 0.974 bits per heavy atom. The van der Waals surface area contributed by atoms with Crippen molar-refractivity contribution in [1.82, 2.24) is 25.0 Å². The number of aryl methyl sites for hydroxylation is 2. The topological polar surface area (TPSA) is 128 Å². The van der Waals surface area contributed by atoms with Crippen molar-refractivity contribution in [3.8, 4) is 5.88 Å². The lowest BCUT2D eigenvalue weighted by Crippen LogP contribution is -2.32. The van der Waals surface area contributed by atoms with Crippen LogP contribution in [-0.2, 0) is 14.2 Å². The normalized spacial score (nSPS) is 18.8. The van der Waals surface area contributed by atoms with E-state index in [-0.39, 0.29) is 19.1 Å². The van der Waals surface area contributed by atoms with E-state index < -0.39 is 30.4 Å². The van der Waals surface area contributed by atoms with E-state index >= 15 is 0 Å². The van der Waals surface area contributed by atoms with E-state index in [9.17, 15) is 9.59 Å². The van der Waals surface area contributed by atoms with Crippen LogP contribution in [0.25, 0.3) is 11.2 Å². The van der Waals surface area contributed by atoms with Crippen molar-refractivity contribution in [3.63, 3.8) is 0 Å². The quantitative estimate of drug-likeness (QED) is 0.308. The molecule has 2 aromatic carbocycles. The lowest BCUT2D eigenvalue weighted by atomic mass is 10.1. The summed E-state index contributed by atoms with van der Waals surface area (Å²) in [5, 5.41) is 8.35. The molecule has 0 unspecified atom stereocenters. The van der Waals surface area contributed by atoms with Gasteiger partial charge in [-0.05, 0) is 52.0 Å². The number of fused-ring (bicyclic) bond motifs is 1. The Balaban J connectivity index is 1.39. The molecule has 5 rings (SSSR count). The van der Waals surface area contributed by atoms with Gasteiger partial charge in [-0.25, -0.2) is 19.3 Å². The SMILES string of the molecule is Cc1ccc(C(=O)OC[C@H]2O[C@@H](n3nnc4ncnc(OC(C)C)c43)C[C@@H]2OC(=O)c2ccc(C)cc2)cc1. The van der Waals surface area contributed by atoms with E-state index in [0.29, 0.717) is 28.2 Å². The number of rotatable bonds is 8. The third-order valence-corrected chi connectivity index (χ3v) is 6.25. The molecule has 0 spiro atoms. The number of esters is 2. The molecule has 1 saturated heterocycles. The minimum absolute atomic E-state index is 0.131. The maximum Gasteiger partial charge on any atom is 0.338 e. The molecule has 0 aliphatic carbocycles. The first-order valence-electron chi connectivity index (χ1n) is 12.7. The van der Waals surface area contributed by atoms with Gasteiger partial charge in [-0.2, -0.15) is 4.98 Å². The molecule has 202 valence electrons. The summed E-state index contributed by atoms with van der Waals surface area (Å²) in [6.45, 7) is 7.51. The second kappa shape index (κ2) is 11.2. The zero-order chi connectivity index (χ0) is 27.5. The summed E-state index contributed by atoms with van der Waals surface area (Å²) in [5.74, 6) is -0.696. The Morgan fingerprint density at radius 3 is 2.26 bits per heavy atom. The minimum Gasteiger partial charge on any atom is -0.473 e. The van der Waals surface area contributed by atoms with Crippen LogP contribution in [0.1, 0.15) is 58.3 Å². The molecule has 0 radical (unpaired) electrons. The third-order valence-electron chi connectivity index (χ3n) is 6.25. The van der Waals surface area contributed by atoms with Gasteiger partial charge in [0.1, 0.15) is 25.1 Å². The van der Waals surface area contributed by atoms with Crippen molar-refractivity contribution in [3.05, 3.63) is 77.1 Å². The van der Waals surface area contributed by atoms with E-state index in [1.165, 1.54) is 11.0 Å². The first-order chi connectivity index (χ1) is 18.8. The second-order valence-corrected chi connectivity index (χ2v) is 9.69. The summed E-state index contributed by atoms with van der Waals surface area (Å²) < 4.78 is 25.0. The highest BCUT2D eigenvalue weighted by molar-refractivity contribution is 5.90. The average molecular weight is 532 g/mol. The van der Waals surface area contributed by atoms with Gasteiger partial charge in [0.2, 0.25) is 11.5 Å². The van der Waals surface area contributed by atoms with Gasteiger partial charge < -0.3 is 18.9 Å². The highest BCUT2D eigenvalue weighted by atomic mass is 16.6. The molecule has 4 aromatic rings. The van der Waals surface area contributed by atoms with Gasteiger partial charge >= 0.3 is 11.9 Å². The molecular weight excluding hydrogens is 502 g/mol. The Kier molecular flexibility index (Phi) is 7.51. The number of aromatic nitrogens is 5. The molecule has 11 heteroatoms. The number of benzene rings is 2. The smallest absolute Gasteiger partial charge is 0.338 e. The van der Waals surface area contributed by atoms with Gasteiger partial charge in [0, 0.05) is 6.42 Å². The average Bonchev–Trinajstić information content (AvgIpc) is 3.52. The van der Waals surface area contributed by atoms with Gasteiger partial charge in [-0.15, -0.1) is 5.10 Å². The van der Waals surface area contributed by atoms with Crippen LogP contribution in [-0.4, -0.2) is 61.8 Å². The Labute approximate surface area is 225 Å². The summed E-state index contributed by atoms with van der Waals surface area (Å²) in [6, 6.07) is 14.1. The van der Waals surface area contributed by atoms with Gasteiger partial charge in [-0.1, -0.05) is 40.6 Å². The number of ether oxygens (including phenoxy) is 4. The first-order valence-corrected chi connectivity index (χ1v) is 12.7. The fourth-order valence-electron chi connectivity index (χ4n) is 4.22. The van der Waals surface area contributed by atoms with E-state index in [1.807, 2.05) is 52.0 Å². The number of hydrogen-bond donors (Lipinski definition) is 0. The molecule has 2 aromatic heterocycles. The standard InChI is InChI=1S/C28H29N5O6/c1-16(2)37-26-24-25(29-15-30-26)31-32-33(24)23-13-21(39-28(35)20-11-7-18(4)8-12-20)22(38-23)14-36-27(34)19-9-5-17(3)6-10-19/h5-12,15-16,21-23H,13-14H2,1-4H3/t21-,22+,23+/m0/s1. The van der Waals surface area contributed by atoms with Gasteiger partial charge in [0.05, 0.1) is 17.2 Å². The maximum absolute atomic E-state index is 13.0. The van der Waals surface area contributed by atoms with Crippen molar-refractivity contribution in [1.29, 1.82) is 0 Å². The van der Waals surface area contributed by atoms with Crippen LogP contribution in [0.4, 0.5) is 0 Å². The van der Waals surface area contributed by atoms with E-state index in [2.05, 4.69) is 20.3 Å². The highest BCUT2D eigenvalue weighted by Crippen LogP contribution is 2.34. The molecule has 0 saturated carbocycles. The fraction of sp³-hybridized carbons (Fsp3) is 0.357. The second-order valence-electron chi connectivity index (χ2n) is 9.69. The Hall–Kier alpha value is -4.38. The molecule has 0 N–H and O–H groups in total. The number of carbonyl (C=O) groups excluding carboxylic acids is 2. The predicted octanol–water partition coefficient (Wildman–Crippen LogP) is 4.00. The molecule has 1 aliphatic heterocycles. The first kappa shape index (κ1) is 26.2. The monoisotopic (exact) mass is 531 g/mol. The molecule has 11 nitrogen and oxygen atoms in total. The summed E-state index contributed by atoms with van der Waals surface area (Å²) >= 11 is 0. The number of carbonyl (C=O) groups is 2. The molecular formula is C28H29N5O6. The molecule has 0 amide bonds. The van der Waals surface area contributed by atoms with Crippen molar-refractivity contribution in [2.24, 2.45) is 0 Å². The largest absolute Gasteiger partial charge is 0.473 e. The lowest BCUT2D eigenvalue weighted by molar-refractivity contribution is -0.0594.